The molecule has 0 spiro atoms. The predicted molar refractivity (Wildman–Crippen MR) is 105 cm³/mol. The molecule has 0 radical (unpaired) electrons. The van der Waals surface area contributed by atoms with E-state index in [4.69, 9.17) is 16.7 Å². The minimum absolute atomic E-state index is 0.128. The van der Waals surface area contributed by atoms with Gasteiger partial charge in [0.05, 0.1) is 21.8 Å². The summed E-state index contributed by atoms with van der Waals surface area (Å²) in [5, 5.41) is 15.6. The van der Waals surface area contributed by atoms with E-state index in [2.05, 4.69) is 15.4 Å². The van der Waals surface area contributed by atoms with Crippen LogP contribution < -0.4 is 16.6 Å². The van der Waals surface area contributed by atoms with Gasteiger partial charge in [-0.2, -0.15) is 9.78 Å². The third-order valence-corrected chi connectivity index (χ3v) is 4.35. The molecular weight excluding hydrogens is 400 g/mol. The van der Waals surface area contributed by atoms with E-state index in [-0.39, 0.29) is 28.4 Å². The van der Waals surface area contributed by atoms with Gasteiger partial charge in [-0.25, -0.2) is 9.59 Å². The molecule has 3 aromatic rings. The van der Waals surface area contributed by atoms with Crippen molar-refractivity contribution in [3.8, 4) is 5.69 Å². The summed E-state index contributed by atoms with van der Waals surface area (Å²) < 4.78 is 0.936. The van der Waals surface area contributed by atoms with Crippen molar-refractivity contribution < 1.29 is 14.7 Å². The molecule has 10 heteroatoms. The standard InChI is InChI=1S/C19H15ClN4O5/c20-15-5-4-13(24-19(29)23-16(25)10-22-24)9-14(15)17(26)21-7-6-11-2-1-3-12(8-11)18(27)28/h1-5,8-10H,6-7H2,(H,21,26)(H,27,28)(H,23,25,29). The Morgan fingerprint density at radius 2 is 1.97 bits per heavy atom. The number of carboxylic acids is 1. The van der Waals surface area contributed by atoms with Crippen LogP contribution >= 0.6 is 11.6 Å². The van der Waals surface area contributed by atoms with Gasteiger partial charge in [-0.1, -0.05) is 23.7 Å². The molecule has 0 bridgehead atoms. The summed E-state index contributed by atoms with van der Waals surface area (Å²) in [7, 11) is 0. The van der Waals surface area contributed by atoms with Crippen LogP contribution in [0.25, 0.3) is 5.69 Å². The number of nitrogens with one attached hydrogen (secondary N) is 2. The third-order valence-electron chi connectivity index (χ3n) is 4.03. The number of hydrogen-bond acceptors (Lipinski definition) is 5. The smallest absolute Gasteiger partial charge is 0.349 e. The first-order chi connectivity index (χ1) is 13.8. The summed E-state index contributed by atoms with van der Waals surface area (Å²) in [5.41, 5.74) is -0.0644. The number of nitrogens with zero attached hydrogens (tertiary/aromatic N) is 2. The Labute approximate surface area is 168 Å². The second kappa shape index (κ2) is 8.53. The summed E-state index contributed by atoms with van der Waals surface area (Å²) >= 11 is 6.10. The zero-order valence-corrected chi connectivity index (χ0v) is 15.6. The maximum absolute atomic E-state index is 12.5. The van der Waals surface area contributed by atoms with Crippen molar-refractivity contribution in [2.24, 2.45) is 0 Å². The Morgan fingerprint density at radius 3 is 2.69 bits per heavy atom. The molecule has 0 fully saturated rings. The largest absolute Gasteiger partial charge is 0.478 e. The zero-order chi connectivity index (χ0) is 21.0. The molecule has 3 N–H and O–H groups in total. The van der Waals surface area contributed by atoms with Gasteiger partial charge in [0.1, 0.15) is 6.20 Å². The Morgan fingerprint density at radius 1 is 1.17 bits per heavy atom. The van der Waals surface area contributed by atoms with Crippen molar-refractivity contribution in [1.29, 1.82) is 0 Å². The average Bonchev–Trinajstić information content (AvgIpc) is 2.69. The highest BCUT2D eigenvalue weighted by molar-refractivity contribution is 6.33. The highest BCUT2D eigenvalue weighted by Gasteiger charge is 2.13. The SMILES string of the molecule is O=C(O)c1cccc(CCNC(=O)c2cc(-n3ncc(=O)[nH]c3=O)ccc2Cl)c1. The lowest BCUT2D eigenvalue weighted by atomic mass is 10.1. The average molecular weight is 415 g/mol. The maximum atomic E-state index is 12.5. The van der Waals surface area contributed by atoms with E-state index in [0.29, 0.717) is 6.42 Å². The fraction of sp³-hybridized carbons (Fsp3) is 0.105. The summed E-state index contributed by atoms with van der Waals surface area (Å²) in [5.74, 6) is -1.49. The molecule has 148 valence electrons. The van der Waals surface area contributed by atoms with Gasteiger partial charge in [0.25, 0.3) is 11.5 Å². The fourth-order valence-corrected chi connectivity index (χ4v) is 2.83. The molecule has 0 aliphatic carbocycles. The van der Waals surface area contributed by atoms with Crippen LogP contribution in [0.4, 0.5) is 0 Å². The maximum Gasteiger partial charge on any atom is 0.349 e. The van der Waals surface area contributed by atoms with Crippen molar-refractivity contribution in [2.45, 2.75) is 6.42 Å². The number of aromatic amines is 1. The molecule has 9 nitrogen and oxygen atoms in total. The number of aromatic nitrogens is 3. The number of amides is 1. The van der Waals surface area contributed by atoms with Gasteiger partial charge < -0.3 is 10.4 Å². The normalized spacial score (nSPS) is 10.5. The van der Waals surface area contributed by atoms with E-state index in [9.17, 15) is 19.2 Å². The van der Waals surface area contributed by atoms with Gasteiger partial charge in [-0.15, -0.1) is 0 Å². The Bertz CT molecular complexity index is 1200. The van der Waals surface area contributed by atoms with Crippen LogP contribution in [0, 0.1) is 0 Å². The Hall–Kier alpha value is -3.72. The number of carbonyl (C=O) groups is 2. The highest BCUT2D eigenvalue weighted by Crippen LogP contribution is 2.19. The fourth-order valence-electron chi connectivity index (χ4n) is 2.63. The molecule has 29 heavy (non-hydrogen) atoms. The summed E-state index contributed by atoms with van der Waals surface area (Å²) in [6, 6.07) is 10.7. The number of carboxylic acid groups (broad SMARTS) is 1. The molecule has 0 atom stereocenters. The van der Waals surface area contributed by atoms with Crippen molar-refractivity contribution in [1.82, 2.24) is 20.1 Å². The number of hydrogen-bond donors (Lipinski definition) is 3. The minimum atomic E-state index is -1.02. The van der Waals surface area contributed by atoms with Gasteiger partial charge in [0.2, 0.25) is 0 Å². The van der Waals surface area contributed by atoms with Crippen molar-refractivity contribution in [3.05, 3.63) is 91.2 Å². The van der Waals surface area contributed by atoms with E-state index in [1.54, 1.807) is 12.1 Å². The highest BCUT2D eigenvalue weighted by atomic mass is 35.5. The number of H-pyrrole nitrogens is 1. The Kier molecular flexibility index (Phi) is 5.89. The Balaban J connectivity index is 1.74. The van der Waals surface area contributed by atoms with Crippen LogP contribution in [0.5, 0.6) is 0 Å². The minimum Gasteiger partial charge on any atom is -0.478 e. The van der Waals surface area contributed by atoms with Crippen molar-refractivity contribution >= 4 is 23.5 Å². The van der Waals surface area contributed by atoms with Crippen LogP contribution in [0.2, 0.25) is 5.02 Å². The van der Waals surface area contributed by atoms with Crippen LogP contribution in [0.3, 0.4) is 0 Å². The van der Waals surface area contributed by atoms with Gasteiger partial charge >= 0.3 is 11.7 Å². The lowest BCUT2D eigenvalue weighted by molar-refractivity contribution is 0.0696. The molecule has 2 aromatic carbocycles. The van der Waals surface area contributed by atoms with E-state index < -0.39 is 23.1 Å². The number of carbonyl (C=O) groups excluding carboxylic acids is 1. The van der Waals surface area contributed by atoms with Crippen LogP contribution in [-0.4, -0.2) is 38.3 Å². The van der Waals surface area contributed by atoms with E-state index >= 15 is 0 Å². The molecule has 0 unspecified atom stereocenters. The van der Waals surface area contributed by atoms with Gasteiger partial charge in [0, 0.05) is 6.54 Å². The lowest BCUT2D eigenvalue weighted by Crippen LogP contribution is -2.31. The predicted octanol–water partition coefficient (Wildman–Crippen LogP) is 1.24. The number of rotatable bonds is 6. The number of halogens is 1. The molecule has 3 rings (SSSR count). The first-order valence-corrected chi connectivity index (χ1v) is 8.82. The second-order valence-electron chi connectivity index (χ2n) is 6.03. The van der Waals surface area contributed by atoms with Crippen molar-refractivity contribution in [2.75, 3.05) is 6.54 Å². The summed E-state index contributed by atoms with van der Waals surface area (Å²) in [4.78, 5) is 48.6. The molecule has 1 aromatic heterocycles. The van der Waals surface area contributed by atoms with E-state index in [1.807, 2.05) is 0 Å². The molecule has 0 aliphatic heterocycles. The number of benzene rings is 2. The number of aromatic carboxylic acids is 1. The van der Waals surface area contributed by atoms with Gasteiger partial charge in [-0.3, -0.25) is 14.6 Å². The second-order valence-corrected chi connectivity index (χ2v) is 6.43. The topological polar surface area (TPSA) is 134 Å². The van der Waals surface area contributed by atoms with Crippen molar-refractivity contribution in [3.63, 3.8) is 0 Å². The monoisotopic (exact) mass is 414 g/mol. The van der Waals surface area contributed by atoms with Gasteiger partial charge in [0.15, 0.2) is 0 Å². The van der Waals surface area contributed by atoms with Crippen LogP contribution in [-0.2, 0) is 6.42 Å². The molecule has 0 aliphatic rings. The first kappa shape index (κ1) is 20.0. The molecule has 1 amide bonds. The first-order valence-electron chi connectivity index (χ1n) is 8.44. The molecule has 1 heterocycles. The van der Waals surface area contributed by atoms with Gasteiger partial charge in [-0.05, 0) is 42.3 Å². The summed E-state index contributed by atoms with van der Waals surface area (Å²) in [6.07, 6.45) is 1.37. The van der Waals surface area contributed by atoms with Crippen LogP contribution in [0.15, 0.2) is 58.3 Å². The van der Waals surface area contributed by atoms with E-state index in [0.717, 1.165) is 16.4 Å². The third kappa shape index (κ3) is 4.77. The molecule has 0 saturated heterocycles. The summed E-state index contributed by atoms with van der Waals surface area (Å²) in [6.45, 7) is 0.249. The lowest BCUT2D eigenvalue weighted by Gasteiger charge is -2.10. The molecular formula is C19H15ClN4O5. The zero-order valence-electron chi connectivity index (χ0n) is 14.9. The van der Waals surface area contributed by atoms with E-state index in [1.165, 1.54) is 30.3 Å². The van der Waals surface area contributed by atoms with Crippen LogP contribution in [0.1, 0.15) is 26.3 Å². The quantitative estimate of drug-likeness (QED) is 0.555. The molecule has 0 saturated carbocycles.